The molecule has 0 aliphatic carbocycles. The second kappa shape index (κ2) is 9.36. The van der Waals surface area contributed by atoms with Crippen molar-refractivity contribution in [2.45, 2.75) is 12.5 Å². The number of carbonyl (C=O) groups excluding carboxylic acids is 3. The van der Waals surface area contributed by atoms with Crippen LogP contribution in [0.3, 0.4) is 0 Å². The van der Waals surface area contributed by atoms with Gasteiger partial charge in [-0.15, -0.1) is 0 Å². The van der Waals surface area contributed by atoms with E-state index >= 15 is 0 Å². The fraction of sp³-hybridized carbons (Fsp3) is 0.450. The van der Waals surface area contributed by atoms with Crippen LogP contribution in [0.25, 0.3) is 6.08 Å². The first-order valence-corrected chi connectivity index (χ1v) is 9.44. The van der Waals surface area contributed by atoms with Crippen LogP contribution < -0.4 is 15.4 Å². The number of hydrogen-bond acceptors (Lipinski definition) is 5. The number of ether oxygens (including phenoxy) is 1. The number of benzene rings is 1. The topological polar surface area (TPSA) is 91.0 Å². The van der Waals surface area contributed by atoms with Crippen LogP contribution in [0.15, 0.2) is 30.3 Å². The highest BCUT2D eigenvalue weighted by Gasteiger charge is 2.33. The van der Waals surface area contributed by atoms with Crippen molar-refractivity contribution >= 4 is 23.8 Å². The second-order valence-corrected chi connectivity index (χ2v) is 6.82. The average molecular weight is 386 g/mol. The molecule has 1 atom stereocenters. The summed E-state index contributed by atoms with van der Waals surface area (Å²) in [4.78, 5) is 40.0. The standard InChI is InChI=1S/C20H26N4O4/c1-28-17-7-3-2-5-15(17)6-4-10-23-11-9-22-20(27)16(23)13-19(26)24-12-8-21-18(25)14-24/h2-7,16H,8-14H2,1H3,(H,21,25)(H,22,27). The number of piperazine rings is 2. The van der Waals surface area contributed by atoms with Gasteiger partial charge in [-0.3, -0.25) is 19.3 Å². The summed E-state index contributed by atoms with van der Waals surface area (Å²) < 4.78 is 5.34. The molecular weight excluding hydrogens is 360 g/mol. The highest BCUT2D eigenvalue weighted by atomic mass is 16.5. The monoisotopic (exact) mass is 386 g/mol. The first-order valence-electron chi connectivity index (χ1n) is 9.44. The minimum Gasteiger partial charge on any atom is -0.496 e. The van der Waals surface area contributed by atoms with E-state index < -0.39 is 6.04 Å². The number of amides is 3. The maximum absolute atomic E-state index is 12.6. The van der Waals surface area contributed by atoms with Crippen LogP contribution in [0.5, 0.6) is 5.75 Å². The summed E-state index contributed by atoms with van der Waals surface area (Å²) in [6, 6.07) is 7.17. The third kappa shape index (κ3) is 4.89. The number of rotatable bonds is 6. The van der Waals surface area contributed by atoms with Crippen LogP contribution >= 0.6 is 0 Å². The lowest BCUT2D eigenvalue weighted by atomic mass is 10.1. The minimum atomic E-state index is -0.534. The molecule has 2 N–H and O–H groups in total. The van der Waals surface area contributed by atoms with Gasteiger partial charge in [0, 0.05) is 38.3 Å². The van der Waals surface area contributed by atoms with E-state index in [2.05, 4.69) is 10.6 Å². The van der Waals surface area contributed by atoms with Crippen molar-refractivity contribution in [3.63, 3.8) is 0 Å². The molecule has 8 heteroatoms. The third-order valence-corrected chi connectivity index (χ3v) is 4.98. The Labute approximate surface area is 164 Å². The molecular formula is C20H26N4O4. The number of carbonyl (C=O) groups is 3. The molecule has 2 aliphatic heterocycles. The molecule has 0 aromatic heterocycles. The molecule has 3 rings (SSSR count). The largest absolute Gasteiger partial charge is 0.496 e. The molecule has 2 fully saturated rings. The molecule has 1 unspecified atom stereocenters. The Morgan fingerprint density at radius 1 is 1.21 bits per heavy atom. The fourth-order valence-corrected chi connectivity index (χ4v) is 3.47. The maximum Gasteiger partial charge on any atom is 0.239 e. The molecule has 0 bridgehead atoms. The molecule has 28 heavy (non-hydrogen) atoms. The lowest BCUT2D eigenvalue weighted by Crippen LogP contribution is -2.57. The Balaban J connectivity index is 1.63. The lowest BCUT2D eigenvalue weighted by Gasteiger charge is -2.35. The molecule has 0 saturated carbocycles. The Morgan fingerprint density at radius 3 is 2.79 bits per heavy atom. The Morgan fingerprint density at radius 2 is 2.00 bits per heavy atom. The molecule has 2 saturated heterocycles. The first kappa shape index (κ1) is 19.9. The van der Waals surface area contributed by atoms with Gasteiger partial charge < -0.3 is 20.3 Å². The van der Waals surface area contributed by atoms with Crippen molar-refractivity contribution in [3.05, 3.63) is 35.9 Å². The van der Waals surface area contributed by atoms with Crippen molar-refractivity contribution in [2.75, 3.05) is 46.4 Å². The van der Waals surface area contributed by atoms with Crippen LogP contribution in [0.1, 0.15) is 12.0 Å². The zero-order valence-electron chi connectivity index (χ0n) is 16.0. The van der Waals surface area contributed by atoms with Crippen molar-refractivity contribution in [3.8, 4) is 5.75 Å². The summed E-state index contributed by atoms with van der Waals surface area (Å²) >= 11 is 0. The molecule has 3 amide bonds. The number of para-hydroxylation sites is 1. The van der Waals surface area contributed by atoms with Crippen molar-refractivity contribution in [1.82, 2.24) is 20.4 Å². The second-order valence-electron chi connectivity index (χ2n) is 6.82. The maximum atomic E-state index is 12.6. The number of methoxy groups -OCH3 is 1. The van der Waals surface area contributed by atoms with Gasteiger partial charge in [-0.2, -0.15) is 0 Å². The fourth-order valence-electron chi connectivity index (χ4n) is 3.47. The minimum absolute atomic E-state index is 0.0564. The number of nitrogens with one attached hydrogen (secondary N) is 2. The van der Waals surface area contributed by atoms with E-state index in [1.807, 2.05) is 41.3 Å². The van der Waals surface area contributed by atoms with Crippen LogP contribution in [-0.4, -0.2) is 79.9 Å². The normalized spacial score (nSPS) is 20.8. The average Bonchev–Trinajstić information content (AvgIpc) is 2.70. The Bertz CT molecular complexity index is 764. The number of hydrogen-bond donors (Lipinski definition) is 2. The zero-order chi connectivity index (χ0) is 19.9. The van der Waals surface area contributed by atoms with E-state index in [-0.39, 0.29) is 30.7 Å². The van der Waals surface area contributed by atoms with Crippen molar-refractivity contribution in [1.29, 1.82) is 0 Å². The van der Waals surface area contributed by atoms with Gasteiger partial charge in [0.15, 0.2) is 0 Å². The van der Waals surface area contributed by atoms with E-state index in [9.17, 15) is 14.4 Å². The van der Waals surface area contributed by atoms with E-state index in [1.165, 1.54) is 4.90 Å². The molecule has 2 heterocycles. The summed E-state index contributed by atoms with van der Waals surface area (Å²) in [7, 11) is 1.63. The van der Waals surface area contributed by atoms with E-state index in [4.69, 9.17) is 4.74 Å². The molecule has 150 valence electrons. The molecule has 1 aromatic rings. The van der Waals surface area contributed by atoms with Crippen molar-refractivity contribution in [2.24, 2.45) is 0 Å². The quantitative estimate of drug-likeness (QED) is 0.710. The van der Waals surface area contributed by atoms with Crippen LogP contribution in [-0.2, 0) is 14.4 Å². The number of nitrogens with zero attached hydrogens (tertiary/aromatic N) is 2. The zero-order valence-corrected chi connectivity index (χ0v) is 16.0. The summed E-state index contributed by atoms with van der Waals surface area (Å²) in [5.74, 6) is 0.303. The SMILES string of the molecule is COc1ccccc1C=CCN1CCNC(=O)C1CC(=O)N1CCNC(=O)C1. The third-order valence-electron chi connectivity index (χ3n) is 4.98. The van der Waals surface area contributed by atoms with Crippen LogP contribution in [0.2, 0.25) is 0 Å². The predicted octanol–water partition coefficient (Wildman–Crippen LogP) is -0.143. The van der Waals surface area contributed by atoms with Gasteiger partial charge in [0.25, 0.3) is 0 Å². The van der Waals surface area contributed by atoms with Gasteiger partial charge in [-0.25, -0.2) is 0 Å². The van der Waals surface area contributed by atoms with Gasteiger partial charge >= 0.3 is 0 Å². The summed E-state index contributed by atoms with van der Waals surface area (Å²) in [6.07, 6.45) is 4.00. The van der Waals surface area contributed by atoms with Gasteiger partial charge in [0.2, 0.25) is 17.7 Å². The molecule has 8 nitrogen and oxygen atoms in total. The first-order chi connectivity index (χ1) is 13.6. The van der Waals surface area contributed by atoms with E-state index in [0.717, 1.165) is 11.3 Å². The molecule has 2 aliphatic rings. The Hall–Kier alpha value is -2.87. The van der Waals surface area contributed by atoms with Crippen LogP contribution in [0.4, 0.5) is 0 Å². The van der Waals surface area contributed by atoms with E-state index in [0.29, 0.717) is 32.7 Å². The van der Waals surface area contributed by atoms with Crippen LogP contribution in [0, 0.1) is 0 Å². The highest BCUT2D eigenvalue weighted by Crippen LogP contribution is 2.19. The lowest BCUT2D eigenvalue weighted by molar-refractivity contribution is -0.142. The van der Waals surface area contributed by atoms with E-state index in [1.54, 1.807) is 7.11 Å². The predicted molar refractivity (Wildman–Crippen MR) is 105 cm³/mol. The smallest absolute Gasteiger partial charge is 0.239 e. The van der Waals surface area contributed by atoms with Gasteiger partial charge in [0.05, 0.1) is 26.1 Å². The van der Waals surface area contributed by atoms with Gasteiger partial charge in [0.1, 0.15) is 5.75 Å². The summed E-state index contributed by atoms with van der Waals surface area (Å²) in [6.45, 7) is 2.75. The molecule has 1 aromatic carbocycles. The summed E-state index contributed by atoms with van der Waals surface area (Å²) in [5.41, 5.74) is 0.957. The highest BCUT2D eigenvalue weighted by molar-refractivity contribution is 5.91. The van der Waals surface area contributed by atoms with Gasteiger partial charge in [-0.05, 0) is 6.07 Å². The molecule has 0 radical (unpaired) electrons. The van der Waals surface area contributed by atoms with Gasteiger partial charge in [-0.1, -0.05) is 30.4 Å². The molecule has 0 spiro atoms. The summed E-state index contributed by atoms with van der Waals surface area (Å²) in [5, 5.41) is 5.53. The van der Waals surface area contributed by atoms with Crippen molar-refractivity contribution < 1.29 is 19.1 Å². The Kier molecular flexibility index (Phi) is 6.65.